The molecule has 0 saturated heterocycles. The van der Waals surface area contributed by atoms with E-state index in [1.54, 1.807) is 18.2 Å². The van der Waals surface area contributed by atoms with E-state index in [2.05, 4.69) is 5.23 Å². The van der Waals surface area contributed by atoms with Gasteiger partial charge in [0.05, 0.1) is 12.6 Å². The molecule has 1 aromatic rings. The smallest absolute Gasteiger partial charge is 0.306 e. The van der Waals surface area contributed by atoms with Crippen molar-refractivity contribution in [3.8, 4) is 5.75 Å². The van der Waals surface area contributed by atoms with Gasteiger partial charge in [0.15, 0.2) is 0 Å². The van der Waals surface area contributed by atoms with Gasteiger partial charge in [-0.25, -0.2) is 0 Å². The minimum absolute atomic E-state index is 0.147. The third-order valence-electron chi connectivity index (χ3n) is 3.09. The molecule has 2 N–H and O–H groups in total. The van der Waals surface area contributed by atoms with Crippen molar-refractivity contribution < 1.29 is 19.4 Å². The van der Waals surface area contributed by atoms with Crippen LogP contribution in [0, 0.1) is 6.92 Å². The van der Waals surface area contributed by atoms with Gasteiger partial charge in [-0.15, -0.1) is 0 Å². The molecule has 0 heterocycles. The predicted octanol–water partition coefficient (Wildman–Crippen LogP) is 1.92. The van der Waals surface area contributed by atoms with Crippen LogP contribution in [0.15, 0.2) is 18.2 Å². The Morgan fingerprint density at radius 1 is 1.45 bits per heavy atom. The largest absolute Gasteiger partial charge is 0.508 e. The minimum Gasteiger partial charge on any atom is -0.508 e. The van der Waals surface area contributed by atoms with Gasteiger partial charge in [0.1, 0.15) is 11.4 Å². The van der Waals surface area contributed by atoms with Gasteiger partial charge in [0.2, 0.25) is 0 Å². The summed E-state index contributed by atoms with van der Waals surface area (Å²) in [6.07, 6.45) is 0.821. The highest BCUT2D eigenvalue weighted by molar-refractivity contribution is 6.64. The summed E-state index contributed by atoms with van der Waals surface area (Å²) in [6, 6.07) is 5.05. The Morgan fingerprint density at radius 2 is 2.14 bits per heavy atom. The fourth-order valence-corrected chi connectivity index (χ4v) is 2.20. The number of phenols is 1. The Bertz CT molecular complexity index is 525. The number of rotatable bonds is 7. The lowest BCUT2D eigenvalue weighted by atomic mass is 9.89. The summed E-state index contributed by atoms with van der Waals surface area (Å²) in [4.78, 5) is 22.5. The molecule has 0 aromatic heterocycles. The number of esters is 1. The lowest BCUT2D eigenvalue weighted by Gasteiger charge is -2.23. The first-order chi connectivity index (χ1) is 10.2. The number of nitrogens with one attached hydrogen (secondary N) is 1. The topological polar surface area (TPSA) is 75.6 Å². The van der Waals surface area contributed by atoms with Crippen LogP contribution < -0.4 is 5.23 Å². The summed E-state index contributed by atoms with van der Waals surface area (Å²) in [5.74, 6) is -0.361. The number of aromatic hydroxyl groups is 1. The number of carbonyl (C=O) groups is 2. The maximum atomic E-state index is 12.1. The highest BCUT2D eigenvalue weighted by atomic mass is 16.6. The molecule has 0 aliphatic heterocycles. The predicted molar refractivity (Wildman–Crippen MR) is 86.6 cm³/mol. The second-order valence-corrected chi connectivity index (χ2v) is 6.24. The van der Waals surface area contributed by atoms with E-state index in [9.17, 15) is 14.7 Å². The van der Waals surface area contributed by atoms with Crippen LogP contribution in [-0.4, -0.2) is 36.8 Å². The van der Waals surface area contributed by atoms with Crippen LogP contribution in [0.1, 0.15) is 44.2 Å². The number of hydrogen-bond donors (Lipinski definition) is 2. The quantitative estimate of drug-likeness (QED) is 0.348. The first-order valence-electron chi connectivity index (χ1n) is 7.24. The maximum Gasteiger partial charge on any atom is 0.306 e. The zero-order valence-electron chi connectivity index (χ0n) is 13.6. The summed E-state index contributed by atoms with van der Waals surface area (Å²) in [6.45, 7) is 7.77. The normalized spacial score (nSPS) is 12.5. The summed E-state index contributed by atoms with van der Waals surface area (Å²) >= 11 is 0. The number of carbonyl (C=O) groups excluding carboxylic acids is 2. The van der Waals surface area contributed by atoms with Crippen molar-refractivity contribution in [2.45, 2.75) is 45.6 Å². The van der Waals surface area contributed by atoms with Crippen LogP contribution in [0.25, 0.3) is 0 Å². The van der Waals surface area contributed by atoms with E-state index < -0.39 is 5.60 Å². The van der Waals surface area contributed by atoms with E-state index >= 15 is 0 Å². The number of ether oxygens (including phenoxy) is 1. The van der Waals surface area contributed by atoms with E-state index in [1.165, 1.54) is 7.41 Å². The van der Waals surface area contributed by atoms with E-state index in [1.807, 2.05) is 27.7 Å². The Balaban J connectivity index is 2.90. The van der Waals surface area contributed by atoms with Gasteiger partial charge in [-0.3, -0.25) is 4.79 Å². The molecule has 0 amide bonds. The van der Waals surface area contributed by atoms with E-state index in [4.69, 9.17) is 4.74 Å². The molecule has 1 aromatic carbocycles. The Morgan fingerprint density at radius 3 is 2.73 bits per heavy atom. The summed E-state index contributed by atoms with van der Waals surface area (Å²) in [5, 5.41) is 12.5. The molecule has 0 spiro atoms. The molecule has 1 unspecified atom stereocenters. The average Bonchev–Trinajstić information content (AvgIpc) is 2.38. The van der Waals surface area contributed by atoms with Gasteiger partial charge < -0.3 is 19.9 Å². The molecule has 22 heavy (non-hydrogen) atoms. The molecule has 0 fully saturated rings. The fraction of sp³-hybridized carbons (Fsp3) is 0.500. The number of hydrogen-bond acceptors (Lipinski definition) is 5. The molecule has 1 atom stereocenters. The lowest BCUT2D eigenvalue weighted by Crippen LogP contribution is -2.30. The molecule has 1 rings (SSSR count). The number of aryl methyl sites for hydroxylation is 1. The fourth-order valence-electron chi connectivity index (χ4n) is 2.20. The maximum absolute atomic E-state index is 12.1. The molecule has 5 nitrogen and oxygen atoms in total. The van der Waals surface area contributed by atoms with Crippen LogP contribution in [0.5, 0.6) is 5.75 Å². The van der Waals surface area contributed by atoms with Crippen LogP contribution in [0.3, 0.4) is 0 Å². The van der Waals surface area contributed by atoms with Crippen molar-refractivity contribution in [1.29, 1.82) is 0 Å². The summed E-state index contributed by atoms with van der Waals surface area (Å²) in [5.41, 5.74) is 1.29. The molecule has 6 heteroatoms. The van der Waals surface area contributed by atoms with Crippen LogP contribution in [0.2, 0.25) is 0 Å². The Labute approximate surface area is 132 Å². The second-order valence-electron chi connectivity index (χ2n) is 6.24. The van der Waals surface area contributed by atoms with Crippen molar-refractivity contribution >= 4 is 19.6 Å². The van der Waals surface area contributed by atoms with Gasteiger partial charge in [0, 0.05) is 5.92 Å². The van der Waals surface area contributed by atoms with Gasteiger partial charge in [0.25, 0.3) is 7.41 Å². The molecule has 0 aliphatic carbocycles. The molecule has 119 valence electrons. The van der Waals surface area contributed by atoms with Crippen molar-refractivity contribution in [3.63, 3.8) is 0 Å². The zero-order valence-corrected chi connectivity index (χ0v) is 13.6. The number of benzene rings is 1. The van der Waals surface area contributed by atoms with Crippen molar-refractivity contribution in [1.82, 2.24) is 5.23 Å². The second kappa shape index (κ2) is 7.99. The first kappa shape index (κ1) is 18.2. The third-order valence-corrected chi connectivity index (χ3v) is 3.09. The van der Waals surface area contributed by atoms with Crippen LogP contribution in [-0.2, 0) is 14.3 Å². The number of phenolic OH excluding ortho intramolecular Hbond substituents is 1. The van der Waals surface area contributed by atoms with E-state index in [0.717, 1.165) is 11.1 Å². The first-order valence-corrected chi connectivity index (χ1v) is 7.24. The van der Waals surface area contributed by atoms with Crippen LogP contribution >= 0.6 is 0 Å². The van der Waals surface area contributed by atoms with Gasteiger partial charge in [-0.1, -0.05) is 6.07 Å². The zero-order chi connectivity index (χ0) is 16.8. The van der Waals surface area contributed by atoms with Gasteiger partial charge >= 0.3 is 5.97 Å². The summed E-state index contributed by atoms with van der Waals surface area (Å²) in [7, 11) is 1.29. The highest BCUT2D eigenvalue weighted by Gasteiger charge is 2.22. The van der Waals surface area contributed by atoms with Gasteiger partial charge in [-0.2, -0.15) is 0 Å². The van der Waals surface area contributed by atoms with Gasteiger partial charge in [-0.05, 0) is 57.5 Å². The molecule has 0 saturated carbocycles. The Hall–Kier alpha value is -1.82. The molecule has 0 aliphatic rings. The molecular formula is C16H23BNO4. The van der Waals surface area contributed by atoms with Crippen molar-refractivity contribution in [2.24, 2.45) is 0 Å². The Kier molecular flexibility index (Phi) is 6.62. The lowest BCUT2D eigenvalue weighted by molar-refractivity contribution is -0.155. The molecule has 1 radical (unpaired) electrons. The standard InChI is InChI=1S/C16H23BNO4/c1-11-5-6-13(20)8-14(11)12(9-18-17-10-19)7-15(21)22-16(2,3)4/h5-6,8,10,12,18,20H,7,9H2,1-4H3. The van der Waals surface area contributed by atoms with Crippen LogP contribution in [0.4, 0.5) is 0 Å². The SMILES string of the molecule is Cc1ccc(O)cc1C(CN[B]C=O)CC(=O)OC(C)(C)C. The van der Waals surface area contributed by atoms with E-state index in [-0.39, 0.29) is 24.1 Å². The summed E-state index contributed by atoms with van der Waals surface area (Å²) < 4.78 is 5.36. The van der Waals surface area contributed by atoms with Crippen molar-refractivity contribution in [2.75, 3.05) is 6.54 Å². The molecule has 0 bridgehead atoms. The minimum atomic E-state index is -0.544. The van der Waals surface area contributed by atoms with Crippen molar-refractivity contribution in [3.05, 3.63) is 29.3 Å². The highest BCUT2D eigenvalue weighted by Crippen LogP contribution is 2.27. The molecular weight excluding hydrogens is 281 g/mol. The average molecular weight is 304 g/mol. The van der Waals surface area contributed by atoms with E-state index in [0.29, 0.717) is 12.7 Å². The third kappa shape index (κ3) is 6.31. The monoisotopic (exact) mass is 304 g/mol.